The van der Waals surface area contributed by atoms with E-state index in [-0.39, 0.29) is 18.6 Å². The SMILES string of the molecule is C=CC=C.CC1CC(CC(=O)O)CC(C)O1. The first-order chi connectivity index (χ1) is 7.49. The Morgan fingerprint density at radius 2 is 1.75 bits per heavy atom. The number of allylic oxidation sites excluding steroid dienone is 2. The molecular weight excluding hydrogens is 204 g/mol. The molecule has 0 aromatic heterocycles. The summed E-state index contributed by atoms with van der Waals surface area (Å²) in [6.45, 7) is 10.7. The van der Waals surface area contributed by atoms with Crippen molar-refractivity contribution in [1.82, 2.24) is 0 Å². The number of carbonyl (C=O) groups is 1. The molecule has 1 N–H and O–H groups in total. The van der Waals surface area contributed by atoms with Crippen molar-refractivity contribution < 1.29 is 14.6 Å². The molecule has 3 heteroatoms. The molecule has 0 radical (unpaired) electrons. The van der Waals surface area contributed by atoms with Gasteiger partial charge in [-0.3, -0.25) is 4.79 Å². The Morgan fingerprint density at radius 1 is 1.31 bits per heavy atom. The zero-order chi connectivity index (χ0) is 12.6. The summed E-state index contributed by atoms with van der Waals surface area (Å²) >= 11 is 0. The van der Waals surface area contributed by atoms with Crippen LogP contribution in [0.1, 0.15) is 33.1 Å². The first-order valence-electron chi connectivity index (χ1n) is 5.60. The summed E-state index contributed by atoms with van der Waals surface area (Å²) in [6.07, 6.45) is 5.78. The summed E-state index contributed by atoms with van der Waals surface area (Å²) in [5.41, 5.74) is 0. The highest BCUT2D eigenvalue weighted by molar-refractivity contribution is 5.67. The monoisotopic (exact) mass is 226 g/mol. The van der Waals surface area contributed by atoms with E-state index in [1.54, 1.807) is 12.2 Å². The molecule has 0 bridgehead atoms. The molecule has 92 valence electrons. The van der Waals surface area contributed by atoms with Gasteiger partial charge in [0.05, 0.1) is 12.2 Å². The van der Waals surface area contributed by atoms with Crippen LogP contribution in [0.4, 0.5) is 0 Å². The van der Waals surface area contributed by atoms with Crippen LogP contribution in [-0.4, -0.2) is 23.3 Å². The van der Waals surface area contributed by atoms with Crippen LogP contribution in [0.5, 0.6) is 0 Å². The third-order valence-electron chi connectivity index (χ3n) is 2.43. The number of hydrogen-bond acceptors (Lipinski definition) is 2. The van der Waals surface area contributed by atoms with E-state index in [0.29, 0.717) is 5.92 Å². The first kappa shape index (κ1) is 14.9. The van der Waals surface area contributed by atoms with E-state index < -0.39 is 5.97 Å². The molecule has 2 unspecified atom stereocenters. The number of rotatable bonds is 3. The van der Waals surface area contributed by atoms with Gasteiger partial charge in [-0.05, 0) is 32.6 Å². The number of hydrogen-bond donors (Lipinski definition) is 1. The average Bonchev–Trinajstić information content (AvgIpc) is 2.15. The molecule has 0 amide bonds. The summed E-state index contributed by atoms with van der Waals surface area (Å²) in [7, 11) is 0. The molecule has 1 aliphatic rings. The lowest BCUT2D eigenvalue weighted by atomic mass is 9.90. The van der Waals surface area contributed by atoms with Crippen molar-refractivity contribution in [3.63, 3.8) is 0 Å². The maximum absolute atomic E-state index is 10.4. The van der Waals surface area contributed by atoms with Crippen LogP contribution in [0.25, 0.3) is 0 Å². The molecule has 1 heterocycles. The molecule has 0 spiro atoms. The molecule has 0 aromatic carbocycles. The van der Waals surface area contributed by atoms with E-state index in [4.69, 9.17) is 9.84 Å². The van der Waals surface area contributed by atoms with Gasteiger partial charge in [-0.15, -0.1) is 0 Å². The summed E-state index contributed by atoms with van der Waals surface area (Å²) in [4.78, 5) is 10.4. The van der Waals surface area contributed by atoms with Crippen molar-refractivity contribution >= 4 is 5.97 Å². The number of carboxylic acid groups (broad SMARTS) is 1. The van der Waals surface area contributed by atoms with Crippen LogP contribution >= 0.6 is 0 Å². The van der Waals surface area contributed by atoms with E-state index >= 15 is 0 Å². The van der Waals surface area contributed by atoms with Crippen molar-refractivity contribution in [2.45, 2.75) is 45.3 Å². The molecule has 0 aliphatic carbocycles. The number of carboxylic acids is 1. The van der Waals surface area contributed by atoms with Gasteiger partial charge in [0.15, 0.2) is 0 Å². The Morgan fingerprint density at radius 3 is 2.06 bits per heavy atom. The van der Waals surface area contributed by atoms with Gasteiger partial charge >= 0.3 is 5.97 Å². The standard InChI is InChI=1S/C9H16O3.C4H6/c1-6-3-8(5-9(10)11)4-7(2)12-6;1-3-4-2/h6-8H,3-5H2,1-2H3,(H,10,11);3-4H,1-2H2. The van der Waals surface area contributed by atoms with Crippen LogP contribution in [0, 0.1) is 5.92 Å². The maximum atomic E-state index is 10.4. The van der Waals surface area contributed by atoms with Gasteiger partial charge in [0.1, 0.15) is 0 Å². The van der Waals surface area contributed by atoms with Crippen LogP contribution in [-0.2, 0) is 9.53 Å². The summed E-state index contributed by atoms with van der Waals surface area (Å²) in [5, 5.41) is 8.60. The largest absolute Gasteiger partial charge is 0.481 e. The molecule has 0 saturated carbocycles. The minimum atomic E-state index is -0.693. The second-order valence-electron chi connectivity index (χ2n) is 4.16. The van der Waals surface area contributed by atoms with Crippen LogP contribution < -0.4 is 0 Å². The lowest BCUT2D eigenvalue weighted by Crippen LogP contribution is -2.30. The van der Waals surface area contributed by atoms with Gasteiger partial charge in [0, 0.05) is 6.42 Å². The fourth-order valence-corrected chi connectivity index (χ4v) is 1.96. The highest BCUT2D eigenvalue weighted by Gasteiger charge is 2.25. The minimum absolute atomic E-state index is 0.220. The third-order valence-corrected chi connectivity index (χ3v) is 2.43. The van der Waals surface area contributed by atoms with Gasteiger partial charge < -0.3 is 9.84 Å². The minimum Gasteiger partial charge on any atom is -0.481 e. The molecule has 1 fully saturated rings. The van der Waals surface area contributed by atoms with Crippen LogP contribution in [0.15, 0.2) is 25.3 Å². The van der Waals surface area contributed by atoms with Crippen LogP contribution in [0.3, 0.4) is 0 Å². The molecule has 16 heavy (non-hydrogen) atoms. The summed E-state index contributed by atoms with van der Waals surface area (Å²) in [5.74, 6) is -0.387. The Balaban J connectivity index is 0.000000487. The Hall–Kier alpha value is -1.09. The molecule has 1 rings (SSSR count). The Kier molecular flexibility index (Phi) is 7.56. The normalized spacial score (nSPS) is 28.5. The smallest absolute Gasteiger partial charge is 0.303 e. The molecule has 3 nitrogen and oxygen atoms in total. The predicted molar refractivity (Wildman–Crippen MR) is 65.4 cm³/mol. The lowest BCUT2D eigenvalue weighted by molar-refractivity contribution is -0.140. The lowest BCUT2D eigenvalue weighted by Gasteiger charge is -2.31. The quantitative estimate of drug-likeness (QED) is 0.752. The molecule has 0 aromatic rings. The molecule has 1 saturated heterocycles. The highest BCUT2D eigenvalue weighted by Crippen LogP contribution is 2.26. The molecule has 1 aliphatic heterocycles. The van der Waals surface area contributed by atoms with Crippen molar-refractivity contribution in [1.29, 1.82) is 0 Å². The average molecular weight is 226 g/mol. The second-order valence-corrected chi connectivity index (χ2v) is 4.16. The van der Waals surface area contributed by atoms with Crippen molar-refractivity contribution in [2.75, 3.05) is 0 Å². The molecular formula is C13H22O3. The van der Waals surface area contributed by atoms with E-state index in [9.17, 15) is 4.79 Å². The topological polar surface area (TPSA) is 46.5 Å². The zero-order valence-electron chi connectivity index (χ0n) is 10.2. The zero-order valence-corrected chi connectivity index (χ0v) is 10.2. The summed E-state index contributed by atoms with van der Waals surface area (Å²) < 4.78 is 5.51. The van der Waals surface area contributed by atoms with Gasteiger partial charge in [-0.25, -0.2) is 0 Å². The van der Waals surface area contributed by atoms with Crippen molar-refractivity contribution in [2.24, 2.45) is 5.92 Å². The van der Waals surface area contributed by atoms with Gasteiger partial charge in [-0.1, -0.05) is 25.3 Å². The van der Waals surface area contributed by atoms with E-state index in [1.165, 1.54) is 0 Å². The summed E-state index contributed by atoms with van der Waals surface area (Å²) in [6, 6.07) is 0. The Labute approximate surface area is 97.8 Å². The molecule has 2 atom stereocenters. The van der Waals surface area contributed by atoms with Gasteiger partial charge in [-0.2, -0.15) is 0 Å². The highest BCUT2D eigenvalue weighted by atomic mass is 16.5. The fraction of sp³-hybridized carbons (Fsp3) is 0.615. The Bertz CT molecular complexity index is 219. The van der Waals surface area contributed by atoms with Crippen molar-refractivity contribution in [3.05, 3.63) is 25.3 Å². The number of ether oxygens (including phenoxy) is 1. The van der Waals surface area contributed by atoms with Gasteiger partial charge in [0.2, 0.25) is 0 Å². The van der Waals surface area contributed by atoms with E-state index in [0.717, 1.165) is 12.8 Å². The van der Waals surface area contributed by atoms with E-state index in [1.807, 2.05) is 13.8 Å². The predicted octanol–water partition coefficient (Wildman–Crippen LogP) is 3.02. The maximum Gasteiger partial charge on any atom is 0.303 e. The van der Waals surface area contributed by atoms with E-state index in [2.05, 4.69) is 13.2 Å². The van der Waals surface area contributed by atoms with Crippen LogP contribution in [0.2, 0.25) is 0 Å². The fourth-order valence-electron chi connectivity index (χ4n) is 1.96. The van der Waals surface area contributed by atoms with Crippen molar-refractivity contribution in [3.8, 4) is 0 Å². The first-order valence-corrected chi connectivity index (χ1v) is 5.60. The third kappa shape index (κ3) is 7.23. The number of aliphatic carboxylic acids is 1. The second kappa shape index (κ2) is 8.11. The van der Waals surface area contributed by atoms with Gasteiger partial charge in [0.25, 0.3) is 0 Å².